The molecule has 2 heterocycles. The predicted molar refractivity (Wildman–Crippen MR) is 79.9 cm³/mol. The molecule has 1 unspecified atom stereocenters. The summed E-state index contributed by atoms with van der Waals surface area (Å²) in [7, 11) is 0. The molecule has 1 amide bonds. The molecule has 5 heteroatoms. The monoisotopic (exact) mass is 288 g/mol. The van der Waals surface area contributed by atoms with Crippen LogP contribution in [-0.4, -0.2) is 23.6 Å². The van der Waals surface area contributed by atoms with Crippen LogP contribution in [0.15, 0.2) is 29.6 Å². The van der Waals surface area contributed by atoms with Crippen LogP contribution in [0.4, 0.5) is 5.13 Å². The molecule has 2 aromatic rings. The normalized spacial score (nSPS) is 18.1. The van der Waals surface area contributed by atoms with Crippen molar-refractivity contribution in [1.29, 1.82) is 0 Å². The van der Waals surface area contributed by atoms with Crippen LogP contribution in [0.25, 0.3) is 11.3 Å². The number of ether oxygens (including phenoxy) is 1. The molecule has 0 aliphatic carbocycles. The molecule has 0 spiro atoms. The second kappa shape index (κ2) is 5.73. The van der Waals surface area contributed by atoms with Crippen molar-refractivity contribution < 1.29 is 9.53 Å². The Morgan fingerprint density at radius 2 is 2.20 bits per heavy atom. The van der Waals surface area contributed by atoms with Gasteiger partial charge in [-0.3, -0.25) is 10.1 Å². The van der Waals surface area contributed by atoms with Gasteiger partial charge in [0.25, 0.3) is 5.91 Å². The van der Waals surface area contributed by atoms with Gasteiger partial charge in [0.2, 0.25) is 0 Å². The van der Waals surface area contributed by atoms with Gasteiger partial charge in [0.05, 0.1) is 5.69 Å². The van der Waals surface area contributed by atoms with E-state index < -0.39 is 0 Å². The average molecular weight is 288 g/mol. The number of carbonyl (C=O) groups is 1. The van der Waals surface area contributed by atoms with Gasteiger partial charge in [-0.2, -0.15) is 0 Å². The largest absolute Gasteiger partial charge is 0.368 e. The van der Waals surface area contributed by atoms with Crippen molar-refractivity contribution >= 4 is 22.4 Å². The zero-order valence-corrected chi connectivity index (χ0v) is 12.1. The predicted octanol–water partition coefficient (Wildman–Crippen LogP) is 3.24. The Labute approximate surface area is 121 Å². The summed E-state index contributed by atoms with van der Waals surface area (Å²) in [5.74, 6) is -0.0905. The number of amides is 1. The zero-order valence-electron chi connectivity index (χ0n) is 11.3. The fourth-order valence-electron chi connectivity index (χ4n) is 2.16. The van der Waals surface area contributed by atoms with Gasteiger partial charge in [-0.25, -0.2) is 4.98 Å². The van der Waals surface area contributed by atoms with Crippen molar-refractivity contribution in [2.45, 2.75) is 25.9 Å². The summed E-state index contributed by atoms with van der Waals surface area (Å²) in [6, 6.07) is 8.19. The lowest BCUT2D eigenvalue weighted by Crippen LogP contribution is -2.26. The summed E-state index contributed by atoms with van der Waals surface area (Å²) in [5.41, 5.74) is 3.16. The van der Waals surface area contributed by atoms with E-state index in [-0.39, 0.29) is 12.0 Å². The van der Waals surface area contributed by atoms with E-state index in [1.807, 2.05) is 17.5 Å². The van der Waals surface area contributed by atoms with Crippen molar-refractivity contribution in [1.82, 2.24) is 4.98 Å². The molecule has 1 N–H and O–H groups in total. The van der Waals surface area contributed by atoms with Gasteiger partial charge in [-0.05, 0) is 19.8 Å². The molecular weight excluding hydrogens is 272 g/mol. The molecule has 1 fully saturated rings. The fraction of sp³-hybridized carbons (Fsp3) is 0.333. The molecule has 1 aliphatic heterocycles. The Hall–Kier alpha value is -1.72. The van der Waals surface area contributed by atoms with Crippen LogP contribution in [0.1, 0.15) is 18.4 Å². The van der Waals surface area contributed by atoms with E-state index in [0.29, 0.717) is 11.7 Å². The fourth-order valence-corrected chi connectivity index (χ4v) is 2.88. The number of nitrogens with one attached hydrogen (secondary N) is 1. The first kappa shape index (κ1) is 13.3. The number of hydrogen-bond donors (Lipinski definition) is 1. The number of aromatic nitrogens is 1. The first-order valence-corrected chi connectivity index (χ1v) is 7.55. The maximum atomic E-state index is 11.9. The van der Waals surface area contributed by atoms with Crippen molar-refractivity contribution in [3.05, 3.63) is 35.2 Å². The van der Waals surface area contributed by atoms with Gasteiger partial charge < -0.3 is 4.74 Å². The van der Waals surface area contributed by atoms with E-state index in [2.05, 4.69) is 29.4 Å². The molecule has 1 saturated heterocycles. The lowest BCUT2D eigenvalue weighted by atomic mass is 10.1. The third kappa shape index (κ3) is 2.89. The number of anilines is 1. The maximum Gasteiger partial charge on any atom is 0.255 e. The molecule has 0 radical (unpaired) electrons. The van der Waals surface area contributed by atoms with Gasteiger partial charge in [0.15, 0.2) is 5.13 Å². The SMILES string of the molecule is Cc1ccc(-c2csc(NC(=O)C3CCCO3)n2)cc1. The van der Waals surface area contributed by atoms with E-state index in [1.54, 1.807) is 0 Å². The Balaban J connectivity index is 1.70. The first-order chi connectivity index (χ1) is 9.72. The third-order valence-corrected chi connectivity index (χ3v) is 4.06. The summed E-state index contributed by atoms with van der Waals surface area (Å²) in [5, 5.41) is 5.41. The number of benzene rings is 1. The maximum absolute atomic E-state index is 11.9. The van der Waals surface area contributed by atoms with E-state index in [0.717, 1.165) is 24.1 Å². The quantitative estimate of drug-likeness (QED) is 0.943. The average Bonchev–Trinajstić information content (AvgIpc) is 3.10. The molecule has 20 heavy (non-hydrogen) atoms. The number of carbonyl (C=O) groups excluding carboxylic acids is 1. The number of thiazole rings is 1. The summed E-state index contributed by atoms with van der Waals surface area (Å²) in [4.78, 5) is 16.4. The second-order valence-corrected chi connectivity index (χ2v) is 5.75. The number of aryl methyl sites for hydroxylation is 1. The smallest absolute Gasteiger partial charge is 0.255 e. The van der Waals surface area contributed by atoms with Crippen LogP contribution in [-0.2, 0) is 9.53 Å². The Kier molecular flexibility index (Phi) is 3.80. The Morgan fingerprint density at radius 3 is 2.90 bits per heavy atom. The van der Waals surface area contributed by atoms with Crippen molar-refractivity contribution in [2.24, 2.45) is 0 Å². The van der Waals surface area contributed by atoms with Crippen LogP contribution in [0, 0.1) is 6.92 Å². The molecule has 0 bridgehead atoms. The molecule has 4 nitrogen and oxygen atoms in total. The van der Waals surface area contributed by atoms with Gasteiger partial charge in [0.1, 0.15) is 6.10 Å². The van der Waals surface area contributed by atoms with Crippen molar-refractivity contribution in [2.75, 3.05) is 11.9 Å². The molecular formula is C15H16N2O2S. The van der Waals surface area contributed by atoms with Crippen molar-refractivity contribution in [3.8, 4) is 11.3 Å². The highest BCUT2D eigenvalue weighted by molar-refractivity contribution is 7.14. The van der Waals surface area contributed by atoms with Gasteiger partial charge in [-0.1, -0.05) is 29.8 Å². The minimum Gasteiger partial charge on any atom is -0.368 e. The van der Waals surface area contributed by atoms with E-state index in [9.17, 15) is 4.79 Å². The standard InChI is InChI=1S/C15H16N2O2S/c1-10-4-6-11(7-5-10)12-9-20-15(16-12)17-14(18)13-3-2-8-19-13/h4-7,9,13H,2-3,8H2,1H3,(H,16,17,18). The molecule has 3 rings (SSSR count). The lowest BCUT2D eigenvalue weighted by Gasteiger charge is -2.07. The van der Waals surface area contributed by atoms with Crippen molar-refractivity contribution in [3.63, 3.8) is 0 Å². The minimum atomic E-state index is -0.318. The molecule has 104 valence electrons. The van der Waals surface area contributed by atoms with Crippen LogP contribution >= 0.6 is 11.3 Å². The topological polar surface area (TPSA) is 51.2 Å². The first-order valence-electron chi connectivity index (χ1n) is 6.67. The molecule has 1 atom stereocenters. The number of rotatable bonds is 3. The molecule has 1 aromatic carbocycles. The molecule has 0 saturated carbocycles. The van der Waals surface area contributed by atoms with Crippen LogP contribution < -0.4 is 5.32 Å². The Morgan fingerprint density at radius 1 is 1.40 bits per heavy atom. The van der Waals surface area contributed by atoms with Crippen LogP contribution in [0.3, 0.4) is 0 Å². The summed E-state index contributed by atoms with van der Waals surface area (Å²) in [6.45, 7) is 2.72. The van der Waals surface area contributed by atoms with Gasteiger partial charge in [0, 0.05) is 17.6 Å². The van der Waals surface area contributed by atoms with Crippen LogP contribution in [0.5, 0.6) is 0 Å². The van der Waals surface area contributed by atoms with E-state index >= 15 is 0 Å². The Bertz CT molecular complexity index is 601. The summed E-state index contributed by atoms with van der Waals surface area (Å²) in [6.07, 6.45) is 1.42. The third-order valence-electron chi connectivity index (χ3n) is 3.30. The second-order valence-electron chi connectivity index (χ2n) is 4.89. The highest BCUT2D eigenvalue weighted by atomic mass is 32.1. The number of hydrogen-bond acceptors (Lipinski definition) is 4. The van der Waals surface area contributed by atoms with E-state index in [4.69, 9.17) is 4.74 Å². The number of nitrogens with zero attached hydrogens (tertiary/aromatic N) is 1. The minimum absolute atomic E-state index is 0.0905. The van der Waals surface area contributed by atoms with Gasteiger partial charge in [-0.15, -0.1) is 11.3 Å². The van der Waals surface area contributed by atoms with Crippen LogP contribution in [0.2, 0.25) is 0 Å². The highest BCUT2D eigenvalue weighted by Crippen LogP contribution is 2.25. The summed E-state index contributed by atoms with van der Waals surface area (Å²) < 4.78 is 5.36. The summed E-state index contributed by atoms with van der Waals surface area (Å²) >= 11 is 1.44. The zero-order chi connectivity index (χ0) is 13.9. The lowest BCUT2D eigenvalue weighted by molar-refractivity contribution is -0.124. The molecule has 1 aromatic heterocycles. The highest BCUT2D eigenvalue weighted by Gasteiger charge is 2.24. The van der Waals surface area contributed by atoms with E-state index in [1.165, 1.54) is 16.9 Å². The van der Waals surface area contributed by atoms with Gasteiger partial charge >= 0.3 is 0 Å². The molecule has 1 aliphatic rings.